The number of hydrogen-bond acceptors (Lipinski definition) is 6. The molecule has 3 heterocycles. The fourth-order valence-electron chi connectivity index (χ4n) is 3.23. The third-order valence-electron chi connectivity index (χ3n) is 4.53. The second-order valence-corrected chi connectivity index (χ2v) is 8.26. The van der Waals surface area contributed by atoms with Gasteiger partial charge in [0.2, 0.25) is 0 Å². The number of amides is 1. The molecule has 3 rings (SSSR count). The summed E-state index contributed by atoms with van der Waals surface area (Å²) in [7, 11) is 1.84. The van der Waals surface area contributed by atoms with Gasteiger partial charge in [0.05, 0.1) is 5.52 Å². The Bertz CT molecular complexity index is 1080. The molecule has 3 aromatic rings. The Morgan fingerprint density at radius 1 is 1.09 bits per heavy atom. The van der Waals surface area contributed by atoms with E-state index in [1.54, 1.807) is 12.3 Å². The van der Waals surface area contributed by atoms with Gasteiger partial charge in [0.25, 0.3) is 0 Å². The Labute approximate surface area is 214 Å². The van der Waals surface area contributed by atoms with Crippen LogP contribution < -0.4 is 10.6 Å². The average molecular weight is 661 g/mol. The molecule has 0 aliphatic carbocycles. The Morgan fingerprint density at radius 2 is 1.81 bits per heavy atom. The largest absolute Gasteiger partial charge is 0.444 e. The van der Waals surface area contributed by atoms with Gasteiger partial charge in [-0.25, -0.2) is 14.8 Å². The number of nitrogens with zero attached hydrogens (tertiary/aromatic N) is 3. The van der Waals surface area contributed by atoms with E-state index in [-0.39, 0.29) is 38.5 Å². The van der Waals surface area contributed by atoms with E-state index in [2.05, 4.69) is 40.5 Å². The van der Waals surface area contributed by atoms with Crippen molar-refractivity contribution >= 4 is 28.6 Å². The molecule has 0 aliphatic rings. The van der Waals surface area contributed by atoms with Gasteiger partial charge in [0.15, 0.2) is 0 Å². The molecular formula is C24H32N5O2U-. The number of ether oxygens (including phenoxy) is 1. The summed E-state index contributed by atoms with van der Waals surface area (Å²) in [6, 6.07) is 5.91. The first-order chi connectivity index (χ1) is 14.2. The maximum absolute atomic E-state index is 12.0. The SMILES string of the molecule is CCCc1cc(C)c(-c2cc3cnc(NC(=O)OC(C)(C)C)cc3nc2NC)cn1.[CH3-].[U]. The van der Waals surface area contributed by atoms with Crippen molar-refractivity contribution in [3.05, 3.63) is 49.3 Å². The van der Waals surface area contributed by atoms with Crippen LogP contribution in [-0.2, 0) is 11.2 Å². The average Bonchev–Trinajstić information content (AvgIpc) is 2.66. The van der Waals surface area contributed by atoms with E-state index >= 15 is 0 Å². The zero-order valence-corrected chi connectivity index (χ0v) is 24.1. The molecule has 8 heteroatoms. The van der Waals surface area contributed by atoms with E-state index in [0.717, 1.165) is 51.9 Å². The van der Waals surface area contributed by atoms with Gasteiger partial charge in [-0.15, -0.1) is 0 Å². The van der Waals surface area contributed by atoms with Gasteiger partial charge in [-0.2, -0.15) is 0 Å². The molecule has 32 heavy (non-hydrogen) atoms. The van der Waals surface area contributed by atoms with E-state index in [1.807, 2.05) is 40.1 Å². The monoisotopic (exact) mass is 660 g/mol. The molecule has 0 bridgehead atoms. The summed E-state index contributed by atoms with van der Waals surface area (Å²) in [4.78, 5) is 25.7. The van der Waals surface area contributed by atoms with E-state index in [9.17, 15) is 4.79 Å². The van der Waals surface area contributed by atoms with E-state index < -0.39 is 11.7 Å². The van der Waals surface area contributed by atoms with Crippen LogP contribution in [0.25, 0.3) is 22.0 Å². The third kappa shape index (κ3) is 6.91. The van der Waals surface area contributed by atoms with Gasteiger partial charge < -0.3 is 17.5 Å². The number of carbonyl (C=O) groups is 1. The molecule has 3 aromatic heterocycles. The number of carbonyl (C=O) groups excluding carboxylic acids is 1. The topological polar surface area (TPSA) is 89.0 Å². The van der Waals surface area contributed by atoms with Crippen molar-refractivity contribution in [2.75, 3.05) is 17.7 Å². The van der Waals surface area contributed by atoms with Crippen molar-refractivity contribution in [1.82, 2.24) is 15.0 Å². The number of fused-ring (bicyclic) bond motifs is 1. The molecule has 0 aromatic carbocycles. The number of hydrogen-bond donors (Lipinski definition) is 2. The Balaban J connectivity index is 0.00000256. The standard InChI is InChI=1S/C23H29N5O2.CH3.U/c1-7-8-16-9-14(2)18(13-25-16)17-10-15-12-26-20(11-19(15)27-21(17)24-6)28-22(29)30-23(3,4)5;;/h9-13H,7-8H2,1-6H3,(H,24,27)(H,26,28,29);1H3;/q;-1;. The molecule has 0 atom stereocenters. The van der Waals surface area contributed by atoms with E-state index in [1.165, 1.54) is 0 Å². The Kier molecular flexibility index (Phi) is 10.1. The molecule has 0 aliphatic heterocycles. The van der Waals surface area contributed by atoms with Gasteiger partial charge in [0.1, 0.15) is 17.2 Å². The molecule has 7 nitrogen and oxygen atoms in total. The number of aryl methyl sites for hydroxylation is 2. The van der Waals surface area contributed by atoms with Crippen LogP contribution >= 0.6 is 0 Å². The molecule has 0 saturated heterocycles. The van der Waals surface area contributed by atoms with Crippen LogP contribution in [0, 0.1) is 45.5 Å². The minimum Gasteiger partial charge on any atom is -0.444 e. The first-order valence-corrected chi connectivity index (χ1v) is 10.1. The number of nitrogens with one attached hydrogen (secondary N) is 2. The minimum atomic E-state index is -0.577. The van der Waals surface area contributed by atoms with Crippen LogP contribution in [0.5, 0.6) is 0 Å². The maximum atomic E-state index is 12.0. The summed E-state index contributed by atoms with van der Waals surface area (Å²) < 4.78 is 5.29. The van der Waals surface area contributed by atoms with Crippen molar-refractivity contribution in [2.45, 2.75) is 53.1 Å². The summed E-state index contributed by atoms with van der Waals surface area (Å²) in [6.45, 7) is 9.68. The number of pyridine rings is 3. The van der Waals surface area contributed by atoms with Crippen molar-refractivity contribution in [2.24, 2.45) is 0 Å². The van der Waals surface area contributed by atoms with Gasteiger partial charge in [0, 0.05) is 78.8 Å². The molecule has 2 N–H and O–H groups in total. The van der Waals surface area contributed by atoms with Crippen LogP contribution in [0.3, 0.4) is 0 Å². The first kappa shape index (κ1) is 27.9. The normalized spacial score (nSPS) is 10.7. The minimum absolute atomic E-state index is 0. The van der Waals surface area contributed by atoms with Crippen LogP contribution in [0.1, 0.15) is 45.4 Å². The van der Waals surface area contributed by atoms with Gasteiger partial charge in [-0.3, -0.25) is 10.3 Å². The maximum Gasteiger partial charge on any atom is 0.413 e. The second kappa shape index (κ2) is 11.6. The number of aromatic nitrogens is 3. The molecule has 1 amide bonds. The second-order valence-electron chi connectivity index (χ2n) is 8.26. The molecule has 0 radical (unpaired) electrons. The summed E-state index contributed by atoms with van der Waals surface area (Å²) >= 11 is 0. The van der Waals surface area contributed by atoms with Gasteiger partial charge >= 0.3 is 6.09 Å². The molecule has 0 unspecified atom stereocenters. The Hall–Kier alpha value is -2.17. The molecule has 0 saturated carbocycles. The zero-order chi connectivity index (χ0) is 21.9. The van der Waals surface area contributed by atoms with Gasteiger partial charge in [-0.1, -0.05) is 13.3 Å². The Morgan fingerprint density at radius 3 is 2.41 bits per heavy atom. The van der Waals surface area contributed by atoms with Crippen LogP contribution in [0.4, 0.5) is 16.4 Å². The zero-order valence-electron chi connectivity index (χ0n) is 20.0. The summed E-state index contributed by atoms with van der Waals surface area (Å²) in [5, 5.41) is 6.70. The van der Waals surface area contributed by atoms with E-state index in [0.29, 0.717) is 5.82 Å². The molecule has 170 valence electrons. The van der Waals surface area contributed by atoms with Crippen LogP contribution in [0.2, 0.25) is 0 Å². The summed E-state index contributed by atoms with van der Waals surface area (Å²) in [5.41, 5.74) is 4.39. The van der Waals surface area contributed by atoms with E-state index in [4.69, 9.17) is 9.72 Å². The van der Waals surface area contributed by atoms with Crippen LogP contribution in [-0.4, -0.2) is 33.7 Å². The number of anilines is 2. The third-order valence-corrected chi connectivity index (χ3v) is 4.53. The van der Waals surface area contributed by atoms with Crippen molar-refractivity contribution < 1.29 is 40.6 Å². The molecule has 0 fully saturated rings. The van der Waals surface area contributed by atoms with Crippen molar-refractivity contribution in [1.29, 1.82) is 0 Å². The summed E-state index contributed by atoms with van der Waals surface area (Å²) in [5.74, 6) is 1.13. The summed E-state index contributed by atoms with van der Waals surface area (Å²) in [6.07, 6.45) is 5.10. The molecular weight excluding hydrogens is 628 g/mol. The predicted molar refractivity (Wildman–Crippen MR) is 127 cm³/mol. The molecule has 0 spiro atoms. The van der Waals surface area contributed by atoms with Crippen LogP contribution in [0.15, 0.2) is 30.6 Å². The smallest absolute Gasteiger partial charge is 0.413 e. The first-order valence-electron chi connectivity index (χ1n) is 10.1. The number of rotatable bonds is 5. The van der Waals surface area contributed by atoms with Crippen molar-refractivity contribution in [3.63, 3.8) is 0 Å². The fraction of sp³-hybridized carbons (Fsp3) is 0.375. The quantitative estimate of drug-likeness (QED) is 0.337. The predicted octanol–water partition coefficient (Wildman–Crippen LogP) is 5.79. The fourth-order valence-corrected chi connectivity index (χ4v) is 3.23. The van der Waals surface area contributed by atoms with Crippen molar-refractivity contribution in [3.8, 4) is 11.1 Å². The van der Waals surface area contributed by atoms with Gasteiger partial charge in [-0.05, 0) is 51.8 Å².